The Morgan fingerprint density at radius 3 is 2.47 bits per heavy atom. The van der Waals surface area contributed by atoms with E-state index in [0.717, 1.165) is 30.6 Å². The highest BCUT2D eigenvalue weighted by Crippen LogP contribution is 2.18. The fourth-order valence-electron chi connectivity index (χ4n) is 1.83. The minimum atomic E-state index is -0.875. The number of aromatic carboxylic acids is 1. The van der Waals surface area contributed by atoms with E-state index < -0.39 is 5.97 Å². The molecule has 0 unspecified atom stereocenters. The average molecular weight is 235 g/mol. The number of carboxylic acids is 1. The topological polar surface area (TPSA) is 49.3 Å². The summed E-state index contributed by atoms with van der Waals surface area (Å²) in [6.07, 6.45) is 2.32. The molecular weight excluding hydrogens is 214 g/mol. The maximum Gasteiger partial charge on any atom is 0.335 e. The molecule has 1 rings (SSSR count). The molecule has 0 aliphatic carbocycles. The lowest BCUT2D eigenvalue weighted by Gasteiger charge is -2.16. The third-order valence-electron chi connectivity index (χ3n) is 3.21. The third kappa shape index (κ3) is 3.77. The largest absolute Gasteiger partial charge is 0.478 e. The van der Waals surface area contributed by atoms with Gasteiger partial charge in [0, 0.05) is 12.2 Å². The van der Waals surface area contributed by atoms with Gasteiger partial charge < -0.3 is 10.4 Å². The van der Waals surface area contributed by atoms with Gasteiger partial charge in [-0.2, -0.15) is 0 Å². The van der Waals surface area contributed by atoms with Crippen molar-refractivity contribution in [2.45, 2.75) is 33.6 Å². The van der Waals surface area contributed by atoms with Crippen LogP contribution >= 0.6 is 0 Å². The molecule has 0 amide bonds. The number of carbonyl (C=O) groups is 1. The van der Waals surface area contributed by atoms with E-state index in [9.17, 15) is 4.79 Å². The van der Waals surface area contributed by atoms with Crippen LogP contribution in [0.5, 0.6) is 0 Å². The molecule has 1 aromatic rings. The summed E-state index contributed by atoms with van der Waals surface area (Å²) in [4.78, 5) is 10.8. The van der Waals surface area contributed by atoms with E-state index in [1.54, 1.807) is 12.1 Å². The fourth-order valence-corrected chi connectivity index (χ4v) is 1.83. The first kappa shape index (κ1) is 13.6. The van der Waals surface area contributed by atoms with Crippen LogP contribution in [-0.4, -0.2) is 17.6 Å². The van der Waals surface area contributed by atoms with E-state index in [2.05, 4.69) is 19.2 Å². The molecular formula is C14H21NO2. The van der Waals surface area contributed by atoms with E-state index in [4.69, 9.17) is 5.11 Å². The zero-order chi connectivity index (χ0) is 12.8. The van der Waals surface area contributed by atoms with Gasteiger partial charge in [-0.3, -0.25) is 0 Å². The Hall–Kier alpha value is -1.51. The maximum atomic E-state index is 10.8. The summed E-state index contributed by atoms with van der Waals surface area (Å²) < 4.78 is 0. The predicted octanol–water partition coefficient (Wildman–Crippen LogP) is 3.54. The van der Waals surface area contributed by atoms with Crippen LogP contribution in [0.1, 0.15) is 42.6 Å². The molecule has 0 saturated heterocycles. The monoisotopic (exact) mass is 235 g/mol. The lowest BCUT2D eigenvalue weighted by molar-refractivity contribution is 0.0697. The number of hydrogen-bond donors (Lipinski definition) is 2. The Kier molecular flexibility index (Phi) is 5.01. The Labute approximate surface area is 103 Å². The quantitative estimate of drug-likeness (QED) is 0.792. The van der Waals surface area contributed by atoms with Crippen molar-refractivity contribution in [2.75, 3.05) is 11.9 Å². The van der Waals surface area contributed by atoms with Crippen LogP contribution in [-0.2, 0) is 0 Å². The molecule has 0 atom stereocenters. The highest BCUT2D eigenvalue weighted by molar-refractivity contribution is 5.88. The molecule has 0 radical (unpaired) electrons. The van der Waals surface area contributed by atoms with E-state index >= 15 is 0 Å². The molecule has 2 N–H and O–H groups in total. The van der Waals surface area contributed by atoms with Crippen molar-refractivity contribution >= 4 is 11.7 Å². The van der Waals surface area contributed by atoms with Crippen molar-refractivity contribution in [3.05, 3.63) is 29.3 Å². The molecule has 0 heterocycles. The van der Waals surface area contributed by atoms with Gasteiger partial charge in [0.15, 0.2) is 0 Å². The minimum absolute atomic E-state index is 0.343. The SMILES string of the molecule is CCC(CC)CNc1ccc(C(=O)O)cc1C. The van der Waals surface area contributed by atoms with Gasteiger partial charge in [0.2, 0.25) is 0 Å². The average Bonchev–Trinajstić information content (AvgIpc) is 2.31. The van der Waals surface area contributed by atoms with Crippen LogP contribution < -0.4 is 5.32 Å². The molecule has 3 heteroatoms. The van der Waals surface area contributed by atoms with E-state index in [-0.39, 0.29) is 0 Å². The molecule has 0 fully saturated rings. The van der Waals surface area contributed by atoms with Gasteiger partial charge in [0.1, 0.15) is 0 Å². The Morgan fingerprint density at radius 1 is 1.35 bits per heavy atom. The number of anilines is 1. The van der Waals surface area contributed by atoms with Gasteiger partial charge in [-0.1, -0.05) is 26.7 Å². The van der Waals surface area contributed by atoms with Crippen LogP contribution in [0.25, 0.3) is 0 Å². The van der Waals surface area contributed by atoms with Crippen LogP contribution in [0.3, 0.4) is 0 Å². The summed E-state index contributed by atoms with van der Waals surface area (Å²) in [6, 6.07) is 5.20. The second-order valence-electron chi connectivity index (χ2n) is 4.40. The third-order valence-corrected chi connectivity index (χ3v) is 3.21. The first-order valence-electron chi connectivity index (χ1n) is 6.16. The van der Waals surface area contributed by atoms with Crippen molar-refractivity contribution in [2.24, 2.45) is 5.92 Å². The summed E-state index contributed by atoms with van der Waals surface area (Å²) in [5.41, 5.74) is 2.35. The number of rotatable bonds is 6. The minimum Gasteiger partial charge on any atom is -0.478 e. The van der Waals surface area contributed by atoms with Crippen molar-refractivity contribution in [1.29, 1.82) is 0 Å². The number of hydrogen-bond acceptors (Lipinski definition) is 2. The van der Waals surface area contributed by atoms with Crippen molar-refractivity contribution in [1.82, 2.24) is 0 Å². The second-order valence-corrected chi connectivity index (χ2v) is 4.40. The van der Waals surface area contributed by atoms with Gasteiger partial charge in [0.25, 0.3) is 0 Å². The summed E-state index contributed by atoms with van der Waals surface area (Å²) in [6.45, 7) is 7.26. The number of aryl methyl sites for hydroxylation is 1. The molecule has 17 heavy (non-hydrogen) atoms. The zero-order valence-electron chi connectivity index (χ0n) is 10.8. The number of nitrogens with one attached hydrogen (secondary N) is 1. The van der Waals surface area contributed by atoms with E-state index in [0.29, 0.717) is 11.5 Å². The zero-order valence-corrected chi connectivity index (χ0v) is 10.8. The lowest BCUT2D eigenvalue weighted by atomic mass is 10.0. The van der Waals surface area contributed by atoms with Gasteiger partial charge >= 0.3 is 5.97 Å². The molecule has 0 spiro atoms. The van der Waals surface area contributed by atoms with E-state index in [1.165, 1.54) is 0 Å². The Bertz CT molecular complexity index is 384. The number of carboxylic acid groups (broad SMARTS) is 1. The summed E-state index contributed by atoms with van der Waals surface area (Å²) >= 11 is 0. The fraction of sp³-hybridized carbons (Fsp3) is 0.500. The molecule has 0 bridgehead atoms. The standard InChI is InChI=1S/C14H21NO2/c1-4-11(5-2)9-15-13-7-6-12(14(16)17)8-10(13)3/h6-8,11,15H,4-5,9H2,1-3H3,(H,16,17). The van der Waals surface area contributed by atoms with Gasteiger partial charge in [-0.15, -0.1) is 0 Å². The molecule has 94 valence electrons. The highest BCUT2D eigenvalue weighted by atomic mass is 16.4. The maximum absolute atomic E-state index is 10.8. The molecule has 3 nitrogen and oxygen atoms in total. The molecule has 0 aliphatic heterocycles. The van der Waals surface area contributed by atoms with Crippen LogP contribution in [0, 0.1) is 12.8 Å². The molecule has 1 aromatic carbocycles. The van der Waals surface area contributed by atoms with E-state index in [1.807, 2.05) is 13.0 Å². The van der Waals surface area contributed by atoms with Gasteiger partial charge in [0.05, 0.1) is 5.56 Å². The summed E-state index contributed by atoms with van der Waals surface area (Å²) in [7, 11) is 0. The first-order chi connectivity index (χ1) is 8.08. The summed E-state index contributed by atoms with van der Waals surface area (Å²) in [5, 5.41) is 12.3. The van der Waals surface area contributed by atoms with Crippen LogP contribution in [0.4, 0.5) is 5.69 Å². The molecule has 0 saturated carbocycles. The predicted molar refractivity (Wildman–Crippen MR) is 70.7 cm³/mol. The Morgan fingerprint density at radius 2 is 2.00 bits per heavy atom. The highest BCUT2D eigenvalue weighted by Gasteiger charge is 2.07. The summed E-state index contributed by atoms with van der Waals surface area (Å²) in [5.74, 6) is -0.201. The smallest absolute Gasteiger partial charge is 0.335 e. The van der Waals surface area contributed by atoms with Crippen molar-refractivity contribution in [3.63, 3.8) is 0 Å². The van der Waals surface area contributed by atoms with Crippen LogP contribution in [0.2, 0.25) is 0 Å². The van der Waals surface area contributed by atoms with Crippen molar-refractivity contribution in [3.8, 4) is 0 Å². The second kappa shape index (κ2) is 6.28. The van der Waals surface area contributed by atoms with Crippen molar-refractivity contribution < 1.29 is 9.90 Å². The van der Waals surface area contributed by atoms with Gasteiger partial charge in [-0.25, -0.2) is 4.79 Å². The Balaban J connectivity index is 2.69. The van der Waals surface area contributed by atoms with Gasteiger partial charge in [-0.05, 0) is 36.6 Å². The van der Waals surface area contributed by atoms with Crippen LogP contribution in [0.15, 0.2) is 18.2 Å². The lowest BCUT2D eigenvalue weighted by Crippen LogP contribution is -2.13. The first-order valence-corrected chi connectivity index (χ1v) is 6.16. The molecule has 0 aliphatic rings. The number of benzene rings is 1. The normalized spacial score (nSPS) is 10.6. The molecule has 0 aromatic heterocycles.